The van der Waals surface area contributed by atoms with Crippen LogP contribution in [0.4, 0.5) is 0 Å². The fraction of sp³-hybridized carbons (Fsp3) is 0.611. The lowest BCUT2D eigenvalue weighted by Gasteiger charge is -2.15. The Bertz CT molecular complexity index is 458. The summed E-state index contributed by atoms with van der Waals surface area (Å²) >= 11 is 0. The third kappa shape index (κ3) is 9.81. The van der Waals surface area contributed by atoms with E-state index in [1.54, 1.807) is 0 Å². The van der Waals surface area contributed by atoms with E-state index in [1.807, 2.05) is 0 Å². The molecule has 0 amide bonds. The Balaban J connectivity index is 0.00000484. The van der Waals surface area contributed by atoms with Gasteiger partial charge in [-0.2, -0.15) is 0 Å². The summed E-state index contributed by atoms with van der Waals surface area (Å²) in [4.78, 5) is 6.91. The van der Waals surface area contributed by atoms with Crippen molar-refractivity contribution in [2.75, 3.05) is 27.2 Å². The van der Waals surface area contributed by atoms with Gasteiger partial charge in [-0.05, 0) is 44.5 Å². The molecule has 132 valence electrons. The van der Waals surface area contributed by atoms with Gasteiger partial charge in [0.1, 0.15) is 0 Å². The molecule has 0 bridgehead atoms. The molecule has 0 radical (unpaired) electrons. The van der Waals surface area contributed by atoms with Crippen molar-refractivity contribution >= 4 is 29.9 Å². The van der Waals surface area contributed by atoms with Crippen LogP contribution in [0, 0.1) is 5.92 Å². The van der Waals surface area contributed by atoms with Gasteiger partial charge in [0.25, 0.3) is 0 Å². The number of halogens is 1. The number of guanidine groups is 1. The van der Waals surface area contributed by atoms with Crippen LogP contribution in [-0.2, 0) is 13.1 Å². The zero-order chi connectivity index (χ0) is 16.4. The maximum atomic E-state index is 4.72. The Morgan fingerprint density at radius 2 is 1.78 bits per heavy atom. The molecule has 0 unspecified atom stereocenters. The molecule has 0 atom stereocenters. The number of nitrogens with one attached hydrogen (secondary N) is 2. The van der Waals surface area contributed by atoms with Crippen molar-refractivity contribution in [1.29, 1.82) is 0 Å². The van der Waals surface area contributed by atoms with Gasteiger partial charge in [0.2, 0.25) is 0 Å². The van der Waals surface area contributed by atoms with E-state index in [9.17, 15) is 0 Å². The minimum absolute atomic E-state index is 0. The van der Waals surface area contributed by atoms with Crippen molar-refractivity contribution in [2.24, 2.45) is 10.9 Å². The first-order valence-electron chi connectivity index (χ1n) is 8.26. The number of benzene rings is 1. The second-order valence-corrected chi connectivity index (χ2v) is 6.31. The van der Waals surface area contributed by atoms with Crippen LogP contribution in [-0.4, -0.2) is 38.0 Å². The predicted molar refractivity (Wildman–Crippen MR) is 112 cm³/mol. The average molecular weight is 432 g/mol. The maximum absolute atomic E-state index is 4.72. The number of rotatable bonds is 8. The first-order chi connectivity index (χ1) is 10.5. The second kappa shape index (κ2) is 12.6. The monoisotopic (exact) mass is 432 g/mol. The minimum atomic E-state index is 0. The van der Waals surface area contributed by atoms with Gasteiger partial charge in [-0.15, -0.1) is 24.0 Å². The standard InChI is InChI=1S/C18H32N4.HI/c1-6-19-18(20-12-11-15(2)3)21-13-16-9-7-8-10-17(16)14-22(4)5;/h7-10,15H,6,11-14H2,1-5H3,(H2,19,20,21);1H. The van der Waals surface area contributed by atoms with Crippen molar-refractivity contribution in [1.82, 2.24) is 15.5 Å². The zero-order valence-corrected chi connectivity index (χ0v) is 17.6. The van der Waals surface area contributed by atoms with Gasteiger partial charge in [0, 0.05) is 19.6 Å². The van der Waals surface area contributed by atoms with E-state index in [1.165, 1.54) is 11.1 Å². The highest BCUT2D eigenvalue weighted by molar-refractivity contribution is 14.0. The lowest BCUT2D eigenvalue weighted by Crippen LogP contribution is -2.38. The van der Waals surface area contributed by atoms with Crippen molar-refractivity contribution in [3.05, 3.63) is 35.4 Å². The van der Waals surface area contributed by atoms with Crippen molar-refractivity contribution in [2.45, 2.75) is 40.3 Å². The molecular formula is C18H33IN4. The number of nitrogens with zero attached hydrogens (tertiary/aromatic N) is 2. The summed E-state index contributed by atoms with van der Waals surface area (Å²) in [7, 11) is 4.19. The average Bonchev–Trinajstić information content (AvgIpc) is 2.45. The Kier molecular flexibility index (Phi) is 12.1. The minimum Gasteiger partial charge on any atom is -0.357 e. The van der Waals surface area contributed by atoms with Gasteiger partial charge in [-0.1, -0.05) is 38.1 Å². The summed E-state index contributed by atoms with van der Waals surface area (Å²) in [5, 5.41) is 6.73. The van der Waals surface area contributed by atoms with E-state index in [2.05, 4.69) is 74.7 Å². The van der Waals surface area contributed by atoms with E-state index in [-0.39, 0.29) is 24.0 Å². The Morgan fingerprint density at radius 3 is 2.35 bits per heavy atom. The van der Waals surface area contributed by atoms with E-state index >= 15 is 0 Å². The summed E-state index contributed by atoms with van der Waals surface area (Å²) in [6.45, 7) is 10.1. The summed E-state index contributed by atoms with van der Waals surface area (Å²) < 4.78 is 0. The maximum Gasteiger partial charge on any atom is 0.191 e. The predicted octanol–water partition coefficient (Wildman–Crippen LogP) is 3.47. The van der Waals surface area contributed by atoms with Crippen molar-refractivity contribution < 1.29 is 0 Å². The van der Waals surface area contributed by atoms with Crippen LogP contribution < -0.4 is 10.6 Å². The molecule has 0 spiro atoms. The molecule has 0 saturated carbocycles. The highest BCUT2D eigenvalue weighted by atomic mass is 127. The summed E-state index contributed by atoms with van der Waals surface area (Å²) in [5.74, 6) is 1.61. The molecular weight excluding hydrogens is 399 g/mol. The fourth-order valence-corrected chi connectivity index (χ4v) is 2.19. The highest BCUT2D eigenvalue weighted by Gasteiger charge is 2.04. The van der Waals surface area contributed by atoms with Gasteiger partial charge >= 0.3 is 0 Å². The zero-order valence-electron chi connectivity index (χ0n) is 15.2. The van der Waals surface area contributed by atoms with E-state index in [0.717, 1.165) is 32.0 Å². The van der Waals surface area contributed by atoms with Crippen LogP contribution in [0.15, 0.2) is 29.3 Å². The lowest BCUT2D eigenvalue weighted by atomic mass is 10.1. The lowest BCUT2D eigenvalue weighted by molar-refractivity contribution is 0.401. The second-order valence-electron chi connectivity index (χ2n) is 6.31. The fourth-order valence-electron chi connectivity index (χ4n) is 2.19. The van der Waals surface area contributed by atoms with Gasteiger partial charge in [0.05, 0.1) is 6.54 Å². The third-order valence-corrected chi connectivity index (χ3v) is 3.37. The summed E-state index contributed by atoms with van der Waals surface area (Å²) in [6.07, 6.45) is 1.15. The van der Waals surface area contributed by atoms with Crippen LogP contribution in [0.1, 0.15) is 38.3 Å². The smallest absolute Gasteiger partial charge is 0.191 e. The molecule has 1 aromatic carbocycles. The van der Waals surface area contributed by atoms with Gasteiger partial charge in [-0.3, -0.25) is 0 Å². The van der Waals surface area contributed by atoms with Gasteiger partial charge in [0.15, 0.2) is 5.96 Å². The quantitative estimate of drug-likeness (QED) is 0.376. The highest BCUT2D eigenvalue weighted by Crippen LogP contribution is 2.11. The molecule has 2 N–H and O–H groups in total. The van der Waals surface area contributed by atoms with Crippen LogP contribution in [0.25, 0.3) is 0 Å². The van der Waals surface area contributed by atoms with Crippen LogP contribution in [0.5, 0.6) is 0 Å². The molecule has 1 aromatic rings. The Hall–Kier alpha value is -0.820. The number of hydrogen-bond acceptors (Lipinski definition) is 2. The molecule has 23 heavy (non-hydrogen) atoms. The van der Waals surface area contributed by atoms with Crippen molar-refractivity contribution in [3.8, 4) is 0 Å². The molecule has 0 heterocycles. The molecule has 1 rings (SSSR count). The SMILES string of the molecule is CCNC(=NCc1ccccc1CN(C)C)NCCC(C)C.I. The summed E-state index contributed by atoms with van der Waals surface area (Å²) in [5.41, 5.74) is 2.63. The van der Waals surface area contributed by atoms with Crippen LogP contribution in [0.3, 0.4) is 0 Å². The molecule has 4 nitrogen and oxygen atoms in total. The topological polar surface area (TPSA) is 39.7 Å². The summed E-state index contributed by atoms with van der Waals surface area (Å²) in [6, 6.07) is 8.53. The molecule has 0 aliphatic carbocycles. The first kappa shape index (κ1) is 22.2. The molecule has 0 saturated heterocycles. The van der Waals surface area contributed by atoms with E-state index in [4.69, 9.17) is 4.99 Å². The van der Waals surface area contributed by atoms with E-state index < -0.39 is 0 Å². The molecule has 0 fully saturated rings. The largest absolute Gasteiger partial charge is 0.357 e. The molecule has 0 aliphatic rings. The van der Waals surface area contributed by atoms with E-state index in [0.29, 0.717) is 12.5 Å². The van der Waals surface area contributed by atoms with Gasteiger partial charge in [-0.25, -0.2) is 4.99 Å². The first-order valence-corrected chi connectivity index (χ1v) is 8.26. The van der Waals surface area contributed by atoms with Crippen LogP contribution in [0.2, 0.25) is 0 Å². The number of hydrogen-bond donors (Lipinski definition) is 2. The van der Waals surface area contributed by atoms with Gasteiger partial charge < -0.3 is 15.5 Å². The third-order valence-electron chi connectivity index (χ3n) is 3.37. The normalized spacial score (nSPS) is 11.5. The molecule has 0 aromatic heterocycles. The molecule has 0 aliphatic heterocycles. The Morgan fingerprint density at radius 1 is 1.13 bits per heavy atom. The Labute approximate surface area is 159 Å². The van der Waals surface area contributed by atoms with Crippen molar-refractivity contribution in [3.63, 3.8) is 0 Å². The number of aliphatic imine (C=N–C) groups is 1. The molecule has 5 heteroatoms. The van der Waals surface area contributed by atoms with Crippen LogP contribution >= 0.6 is 24.0 Å².